The first-order valence-corrected chi connectivity index (χ1v) is 14.5. The maximum Gasteiger partial charge on any atom is 0.332 e. The average molecular weight is 587 g/mol. The molecule has 14 heteroatoms. The fourth-order valence-electron chi connectivity index (χ4n) is 4.54. The van der Waals surface area contributed by atoms with Crippen molar-refractivity contribution in [1.82, 2.24) is 9.88 Å². The molecule has 0 radical (unpaired) electrons. The predicted molar refractivity (Wildman–Crippen MR) is 140 cm³/mol. The summed E-state index contributed by atoms with van der Waals surface area (Å²) in [5.74, 6) is -4.28. The zero-order chi connectivity index (χ0) is 29.7. The van der Waals surface area contributed by atoms with Crippen molar-refractivity contribution in [2.75, 3.05) is 32.6 Å². The zero-order valence-electron chi connectivity index (χ0n) is 22.4. The molecule has 1 aromatic carbocycles. The van der Waals surface area contributed by atoms with E-state index in [1.54, 1.807) is 13.8 Å². The fourth-order valence-corrected chi connectivity index (χ4v) is 5.98. The van der Waals surface area contributed by atoms with Crippen LogP contribution in [-0.4, -0.2) is 65.2 Å². The highest BCUT2D eigenvalue weighted by Gasteiger charge is 2.48. The summed E-state index contributed by atoms with van der Waals surface area (Å²) in [5, 5.41) is 22.7. The summed E-state index contributed by atoms with van der Waals surface area (Å²) >= 11 is 0. The van der Waals surface area contributed by atoms with E-state index in [2.05, 4.69) is 5.32 Å². The molecule has 40 heavy (non-hydrogen) atoms. The molecule has 2 atom stereocenters. The topological polar surface area (TPSA) is 153 Å². The molecule has 220 valence electrons. The number of carbonyl (C=O) groups excluding carboxylic acids is 2. The molecule has 1 aliphatic rings. The number of nitrogens with zero attached hydrogens (tertiary/aromatic N) is 1. The molecule has 0 saturated heterocycles. The van der Waals surface area contributed by atoms with Gasteiger partial charge in [0.05, 0.1) is 44.0 Å². The molecule has 0 spiro atoms. The van der Waals surface area contributed by atoms with E-state index in [0.717, 1.165) is 18.3 Å². The number of halogens is 2. The first-order valence-electron chi connectivity index (χ1n) is 12.7. The van der Waals surface area contributed by atoms with E-state index in [1.165, 1.54) is 11.5 Å². The fraction of sp³-hybridized carbons (Fsp3) is 0.500. The highest BCUT2D eigenvalue weighted by atomic mass is 31.2. The number of aliphatic hydroxyl groups is 1. The number of aliphatic hydroxyl groups excluding tert-OH is 1. The third-order valence-corrected chi connectivity index (χ3v) is 8.76. The number of hydrogen-bond donors (Lipinski definition) is 3. The lowest BCUT2D eigenvalue weighted by atomic mass is 9.73. The lowest BCUT2D eigenvalue weighted by Crippen LogP contribution is -2.51. The van der Waals surface area contributed by atoms with Gasteiger partial charge in [-0.3, -0.25) is 18.9 Å². The van der Waals surface area contributed by atoms with E-state index >= 15 is 0 Å². The summed E-state index contributed by atoms with van der Waals surface area (Å²) in [5.41, 5.74) is -3.38. The minimum atomic E-state index is -3.45. The minimum Gasteiger partial charge on any atom is -0.503 e. The number of ether oxygens (including phenoxy) is 1. The van der Waals surface area contributed by atoms with E-state index in [1.807, 2.05) is 0 Å². The van der Waals surface area contributed by atoms with Gasteiger partial charge in [0.25, 0.3) is 5.91 Å². The van der Waals surface area contributed by atoms with E-state index in [-0.39, 0.29) is 56.8 Å². The van der Waals surface area contributed by atoms with E-state index in [9.17, 15) is 37.9 Å². The Morgan fingerprint density at radius 1 is 1.23 bits per heavy atom. The summed E-state index contributed by atoms with van der Waals surface area (Å²) < 4.78 is 57.6. The van der Waals surface area contributed by atoms with Gasteiger partial charge in [0.1, 0.15) is 22.9 Å². The molecular weight excluding hydrogens is 553 g/mol. The third-order valence-electron chi connectivity index (χ3n) is 6.73. The number of nitrogens with one attached hydrogen (secondary N) is 1. The number of amides is 1. The minimum absolute atomic E-state index is 0.0307. The van der Waals surface area contributed by atoms with Gasteiger partial charge in [0, 0.05) is 31.0 Å². The number of rotatable bonds is 13. The highest BCUT2D eigenvalue weighted by Crippen LogP contribution is 2.48. The summed E-state index contributed by atoms with van der Waals surface area (Å²) in [4.78, 5) is 39.2. The second kappa shape index (κ2) is 13.1. The number of pyridine rings is 1. The molecule has 2 aromatic rings. The molecular formula is C26H33F2N2O9P. The lowest BCUT2D eigenvalue weighted by Gasteiger charge is -2.41. The molecule has 0 fully saturated rings. The van der Waals surface area contributed by atoms with Crippen molar-refractivity contribution in [2.45, 2.75) is 46.4 Å². The van der Waals surface area contributed by atoms with Crippen LogP contribution in [0.25, 0.3) is 0 Å². The van der Waals surface area contributed by atoms with Crippen LogP contribution in [0.3, 0.4) is 0 Å². The van der Waals surface area contributed by atoms with Crippen LogP contribution in [0, 0.1) is 17.0 Å². The van der Waals surface area contributed by atoms with Gasteiger partial charge >= 0.3 is 7.60 Å². The van der Waals surface area contributed by atoms with E-state index in [4.69, 9.17) is 13.8 Å². The van der Waals surface area contributed by atoms with Gasteiger partial charge in [-0.1, -0.05) is 6.07 Å². The predicted octanol–water partition coefficient (Wildman–Crippen LogP) is 3.00. The van der Waals surface area contributed by atoms with Gasteiger partial charge < -0.3 is 33.9 Å². The quantitative estimate of drug-likeness (QED) is 0.301. The van der Waals surface area contributed by atoms with Crippen molar-refractivity contribution >= 4 is 19.3 Å². The van der Waals surface area contributed by atoms with E-state index < -0.39 is 65.8 Å². The van der Waals surface area contributed by atoms with Crippen LogP contribution in [0.4, 0.5) is 8.78 Å². The molecule has 0 bridgehead atoms. The number of carbonyl (C=O) groups is 2. The number of benzene rings is 1. The second-order valence-corrected chi connectivity index (χ2v) is 11.6. The van der Waals surface area contributed by atoms with Gasteiger partial charge in [0.15, 0.2) is 11.5 Å². The smallest absolute Gasteiger partial charge is 0.332 e. The van der Waals surface area contributed by atoms with Crippen LogP contribution < -0.4 is 10.7 Å². The first-order chi connectivity index (χ1) is 18.9. The van der Waals surface area contributed by atoms with Crippen molar-refractivity contribution < 1.29 is 46.9 Å². The molecule has 1 aromatic heterocycles. The van der Waals surface area contributed by atoms with E-state index in [0.29, 0.717) is 6.07 Å². The summed E-state index contributed by atoms with van der Waals surface area (Å²) in [7, 11) is -3.45. The molecule has 2 unspecified atom stereocenters. The largest absolute Gasteiger partial charge is 0.503 e. The second-order valence-electron chi connectivity index (χ2n) is 9.39. The summed E-state index contributed by atoms with van der Waals surface area (Å²) in [6.45, 7) is 4.15. The Balaban J connectivity index is 1.89. The highest BCUT2D eigenvalue weighted by molar-refractivity contribution is 7.53. The molecule has 2 heterocycles. The van der Waals surface area contributed by atoms with Gasteiger partial charge in [-0.05, 0) is 33.3 Å². The van der Waals surface area contributed by atoms with Crippen LogP contribution >= 0.6 is 7.60 Å². The average Bonchev–Trinajstić information content (AvgIpc) is 2.88. The Bertz CT molecular complexity index is 1360. The summed E-state index contributed by atoms with van der Waals surface area (Å²) in [6, 6.07) is 2.81. The van der Waals surface area contributed by atoms with Gasteiger partial charge in [-0.15, -0.1) is 0 Å². The number of aromatic hydroxyl groups is 1. The Morgan fingerprint density at radius 2 is 1.90 bits per heavy atom. The number of Topliss-reactive ketones (excluding diaryl/α,β-unsaturated/α-hetero) is 1. The van der Waals surface area contributed by atoms with Crippen molar-refractivity contribution in [3.63, 3.8) is 0 Å². The Hall–Kier alpha value is -2.96. The molecule has 11 nitrogen and oxygen atoms in total. The molecule has 0 saturated carbocycles. The monoisotopic (exact) mass is 586 g/mol. The number of ketones is 1. The Kier molecular flexibility index (Phi) is 10.4. The van der Waals surface area contributed by atoms with Crippen molar-refractivity contribution in [1.29, 1.82) is 0 Å². The van der Waals surface area contributed by atoms with Crippen LogP contribution in [0.5, 0.6) is 5.75 Å². The Labute approximate surface area is 229 Å². The standard InChI is InChI=1S/C26H33F2N2O9P/c1-4-38-40(36,39-5-2)11-10-37-20-15-30-14-18(25(35)29-13-16-6-7-17(27)12-19(16)28)22(32)23(33)21(30)24(34)26(20,3)8-9-31/h6-7,12,14,20,31,33H,4-5,8-11,13,15H2,1-3H3,(H,29,35). The van der Waals surface area contributed by atoms with Crippen LogP contribution in [0.1, 0.15) is 53.6 Å². The van der Waals surface area contributed by atoms with Gasteiger partial charge in [0.2, 0.25) is 5.43 Å². The van der Waals surface area contributed by atoms with Crippen LogP contribution in [0.15, 0.2) is 29.2 Å². The summed E-state index contributed by atoms with van der Waals surface area (Å²) in [6.07, 6.45) is 0.00273. The normalized spacial score (nSPS) is 18.9. The Morgan fingerprint density at radius 3 is 2.50 bits per heavy atom. The van der Waals surface area contributed by atoms with Gasteiger partial charge in [-0.2, -0.15) is 0 Å². The number of hydrogen-bond acceptors (Lipinski definition) is 9. The maximum absolute atomic E-state index is 14.0. The van der Waals surface area contributed by atoms with Crippen LogP contribution in [-0.2, 0) is 31.4 Å². The molecule has 1 amide bonds. The molecule has 1 aliphatic heterocycles. The van der Waals surface area contributed by atoms with Crippen LogP contribution in [0.2, 0.25) is 0 Å². The lowest BCUT2D eigenvalue weighted by molar-refractivity contribution is -0.0427. The van der Waals surface area contributed by atoms with Crippen molar-refractivity contribution in [3.05, 3.63) is 63.1 Å². The molecule has 0 aliphatic carbocycles. The van der Waals surface area contributed by atoms with Crippen molar-refractivity contribution in [3.8, 4) is 5.75 Å². The SMILES string of the molecule is CCOP(=O)(CCOC1Cn2cc(C(=O)NCc3ccc(F)cc3F)c(=O)c(O)c2C(=O)C1(C)CCO)OCC. The number of fused-ring (bicyclic) bond motifs is 1. The maximum atomic E-state index is 14.0. The molecule has 3 rings (SSSR count). The van der Waals surface area contributed by atoms with Crippen molar-refractivity contribution in [2.24, 2.45) is 5.41 Å². The number of aromatic nitrogens is 1. The zero-order valence-corrected chi connectivity index (χ0v) is 23.3. The molecule has 3 N–H and O–H groups in total. The van der Waals surface area contributed by atoms with Gasteiger partial charge in [-0.25, -0.2) is 8.78 Å². The first kappa shape index (κ1) is 31.6. The third kappa shape index (κ3) is 6.67.